The molecule has 2 aromatic carbocycles. The zero-order valence-electron chi connectivity index (χ0n) is 9.75. The van der Waals surface area contributed by atoms with Crippen LogP contribution in [0.3, 0.4) is 0 Å². The first-order valence-corrected chi connectivity index (χ1v) is 6.69. The summed E-state index contributed by atoms with van der Waals surface area (Å²) in [5.74, 6) is 0. The predicted molar refractivity (Wildman–Crippen MR) is 79.7 cm³/mol. The highest BCUT2D eigenvalue weighted by molar-refractivity contribution is 14.1. The fourth-order valence-electron chi connectivity index (χ4n) is 2.08. The normalized spacial score (nSPS) is 10.5. The highest BCUT2D eigenvalue weighted by Gasteiger charge is 2.21. The van der Waals surface area contributed by atoms with Gasteiger partial charge >= 0.3 is 0 Å². The van der Waals surface area contributed by atoms with Crippen LogP contribution >= 0.6 is 22.6 Å². The third-order valence-corrected chi connectivity index (χ3v) is 3.65. The van der Waals surface area contributed by atoms with E-state index in [9.17, 15) is 10.5 Å². The van der Waals surface area contributed by atoms with E-state index in [2.05, 4.69) is 28.7 Å². The monoisotopic (exact) mass is 361 g/mol. The molecule has 0 saturated heterocycles. The molecule has 0 aliphatic heterocycles. The molecule has 0 atom stereocenters. The van der Waals surface area contributed by atoms with E-state index in [1.807, 2.05) is 30.3 Å². The number of para-hydroxylation sites is 1. The third-order valence-electron chi connectivity index (χ3n) is 2.94. The van der Waals surface area contributed by atoms with Crippen molar-refractivity contribution < 1.29 is 4.85 Å². The lowest BCUT2D eigenvalue weighted by Crippen LogP contribution is -2.37. The minimum Gasteiger partial charge on any atom is -0.595 e. The van der Waals surface area contributed by atoms with Gasteiger partial charge in [-0.3, -0.25) is 0 Å². The van der Waals surface area contributed by atoms with Gasteiger partial charge in [-0.1, -0.05) is 21.7 Å². The van der Waals surface area contributed by atoms with E-state index in [4.69, 9.17) is 0 Å². The molecule has 0 fully saturated rings. The number of fused-ring (bicyclic) bond motifs is 1. The lowest BCUT2D eigenvalue weighted by Gasteiger charge is -2.04. The molecule has 1 aromatic heterocycles. The molecule has 0 aliphatic rings. The second-order valence-corrected chi connectivity index (χ2v) is 5.28. The van der Waals surface area contributed by atoms with Gasteiger partial charge in [-0.05, 0) is 52.9 Å². The van der Waals surface area contributed by atoms with Gasteiger partial charge in [-0.15, -0.1) is 0 Å². The molecule has 0 amide bonds. The van der Waals surface area contributed by atoms with Gasteiger partial charge in [0.25, 0.3) is 5.52 Å². The van der Waals surface area contributed by atoms with Crippen LogP contribution in [-0.4, -0.2) is 4.68 Å². The van der Waals surface area contributed by atoms with Crippen molar-refractivity contribution in [3.05, 3.63) is 63.0 Å². The minimum atomic E-state index is 0.354. The maximum absolute atomic E-state index is 12.3. The summed E-state index contributed by atoms with van der Waals surface area (Å²) in [6, 6.07) is 16.7. The molecule has 0 bridgehead atoms. The number of benzene rings is 2. The van der Waals surface area contributed by atoms with Crippen LogP contribution in [0.2, 0.25) is 0 Å². The number of rotatable bonds is 1. The third kappa shape index (κ3) is 1.85. The van der Waals surface area contributed by atoms with Crippen molar-refractivity contribution >= 4 is 33.5 Å². The topological polar surface area (TPSA) is 55.7 Å². The number of nitriles is 1. The fourth-order valence-corrected chi connectivity index (χ4v) is 2.44. The largest absolute Gasteiger partial charge is 0.595 e. The van der Waals surface area contributed by atoms with Crippen LogP contribution in [-0.2, 0) is 0 Å². The Kier molecular flexibility index (Phi) is 2.87. The van der Waals surface area contributed by atoms with Crippen LogP contribution in [0.25, 0.3) is 16.6 Å². The predicted octanol–water partition coefficient (Wildman–Crippen LogP) is 2.74. The van der Waals surface area contributed by atoms with E-state index in [1.54, 1.807) is 18.2 Å². The lowest BCUT2D eigenvalue weighted by molar-refractivity contribution is -0.659. The van der Waals surface area contributed by atoms with Crippen molar-refractivity contribution in [3.8, 4) is 11.8 Å². The maximum Gasteiger partial charge on any atom is 0.253 e. The Bertz CT molecular complexity index is 800. The molecule has 0 N–H and O–H groups in total. The summed E-state index contributed by atoms with van der Waals surface area (Å²) in [5, 5.41) is 22.3. The smallest absolute Gasteiger partial charge is 0.253 e. The second kappa shape index (κ2) is 4.55. The molecule has 0 saturated carbocycles. The van der Waals surface area contributed by atoms with Crippen molar-refractivity contribution in [2.24, 2.45) is 0 Å². The highest BCUT2D eigenvalue weighted by atomic mass is 127. The number of aromatic nitrogens is 2. The number of hydrogen-bond acceptors (Lipinski definition) is 2. The van der Waals surface area contributed by atoms with Gasteiger partial charge in [0.05, 0.1) is 5.39 Å². The zero-order valence-corrected chi connectivity index (χ0v) is 11.9. The summed E-state index contributed by atoms with van der Waals surface area (Å²) in [7, 11) is 0. The average molecular weight is 361 g/mol. The van der Waals surface area contributed by atoms with Gasteiger partial charge in [0.2, 0.25) is 0 Å². The quantitative estimate of drug-likeness (QED) is 0.380. The molecular formula is C14H8IN3O. The number of nitrogens with zero attached hydrogens (tertiary/aromatic N) is 3. The van der Waals surface area contributed by atoms with Crippen molar-refractivity contribution in [2.75, 3.05) is 0 Å². The molecule has 4 nitrogen and oxygen atoms in total. The Morgan fingerprint density at radius 2 is 1.79 bits per heavy atom. The number of hydrogen-bond donors (Lipinski definition) is 0. The zero-order chi connectivity index (χ0) is 13.4. The molecule has 19 heavy (non-hydrogen) atoms. The molecule has 0 radical (unpaired) electrons. The molecule has 3 rings (SSSR count). The van der Waals surface area contributed by atoms with Crippen LogP contribution in [0.5, 0.6) is 0 Å². The summed E-state index contributed by atoms with van der Waals surface area (Å²) >= 11 is 2.20. The van der Waals surface area contributed by atoms with Gasteiger partial charge < -0.3 is 5.21 Å². The van der Waals surface area contributed by atoms with Crippen LogP contribution in [0, 0.1) is 20.1 Å². The van der Waals surface area contributed by atoms with E-state index in [0.29, 0.717) is 22.3 Å². The Morgan fingerprint density at radius 3 is 2.47 bits per heavy atom. The first-order chi connectivity index (χ1) is 9.22. The minimum absolute atomic E-state index is 0.354. The Balaban J connectivity index is 2.38. The number of halogens is 1. The average Bonchev–Trinajstić information content (AvgIpc) is 2.73. The summed E-state index contributed by atoms with van der Waals surface area (Å²) in [6.45, 7) is 0. The maximum atomic E-state index is 12.3. The summed E-state index contributed by atoms with van der Waals surface area (Å²) in [4.78, 5) is 0.760. The van der Waals surface area contributed by atoms with E-state index < -0.39 is 0 Å². The van der Waals surface area contributed by atoms with Gasteiger partial charge in [0.15, 0.2) is 5.69 Å². The van der Waals surface area contributed by atoms with Crippen LogP contribution < -0.4 is 4.85 Å². The Morgan fingerprint density at radius 1 is 1.11 bits per heavy atom. The van der Waals surface area contributed by atoms with Crippen molar-refractivity contribution in [3.63, 3.8) is 0 Å². The molecular weight excluding hydrogens is 353 g/mol. The molecule has 1 heterocycles. The van der Waals surface area contributed by atoms with Gasteiger partial charge in [-0.2, -0.15) is 5.26 Å². The highest BCUT2D eigenvalue weighted by Crippen LogP contribution is 2.20. The van der Waals surface area contributed by atoms with Crippen molar-refractivity contribution in [1.82, 2.24) is 4.68 Å². The van der Waals surface area contributed by atoms with Gasteiger partial charge in [0.1, 0.15) is 11.8 Å². The SMILES string of the molecule is N#Cc1c2ccccc2[n+]([O-])n1-c1ccc(I)cc1. The Hall–Kier alpha value is -2.07. The van der Waals surface area contributed by atoms with E-state index in [1.165, 1.54) is 4.68 Å². The van der Waals surface area contributed by atoms with Crippen molar-refractivity contribution in [1.29, 1.82) is 5.26 Å². The first kappa shape index (κ1) is 12.0. The summed E-state index contributed by atoms with van der Waals surface area (Å²) < 4.78 is 2.47. The standard InChI is InChI=1S/C14H8IN3O/c15-10-5-7-11(8-6-10)17-14(9-16)12-3-1-2-4-13(12)18(17)19/h1-8H. The molecule has 0 spiro atoms. The van der Waals surface area contributed by atoms with Crippen LogP contribution in [0.4, 0.5) is 0 Å². The summed E-state index contributed by atoms with van der Waals surface area (Å²) in [6.07, 6.45) is 0. The molecule has 0 aliphatic carbocycles. The first-order valence-electron chi connectivity index (χ1n) is 5.61. The fraction of sp³-hybridized carbons (Fsp3) is 0. The summed E-state index contributed by atoms with van der Waals surface area (Å²) in [5.41, 5.74) is 1.53. The molecule has 0 unspecified atom stereocenters. The van der Waals surface area contributed by atoms with Crippen LogP contribution in [0.15, 0.2) is 48.5 Å². The Labute approximate surface area is 123 Å². The van der Waals surface area contributed by atoms with Gasteiger partial charge in [-0.25, -0.2) is 0 Å². The van der Waals surface area contributed by atoms with Gasteiger partial charge in [0, 0.05) is 9.64 Å². The van der Waals surface area contributed by atoms with E-state index in [-0.39, 0.29) is 0 Å². The lowest BCUT2D eigenvalue weighted by atomic mass is 10.2. The molecule has 92 valence electrons. The molecule has 5 heteroatoms. The van der Waals surface area contributed by atoms with Crippen LogP contribution in [0.1, 0.15) is 5.69 Å². The molecule has 3 aromatic rings. The van der Waals surface area contributed by atoms with E-state index >= 15 is 0 Å². The van der Waals surface area contributed by atoms with Crippen molar-refractivity contribution in [2.45, 2.75) is 0 Å². The van der Waals surface area contributed by atoms with E-state index in [0.717, 1.165) is 8.42 Å². The second-order valence-electron chi connectivity index (χ2n) is 4.04.